The summed E-state index contributed by atoms with van der Waals surface area (Å²) in [4.78, 5) is 0. The molecule has 34 heavy (non-hydrogen) atoms. The van der Waals surface area contributed by atoms with Gasteiger partial charge in [0.25, 0.3) is 0 Å². The summed E-state index contributed by atoms with van der Waals surface area (Å²) in [6, 6.07) is 24.3. The van der Waals surface area contributed by atoms with Crippen LogP contribution < -0.4 is 10.4 Å². The number of allylic oxidation sites excluding steroid dienone is 2. The highest BCUT2D eigenvalue weighted by Gasteiger charge is 2.34. The summed E-state index contributed by atoms with van der Waals surface area (Å²) in [5, 5.41) is 3.57. The largest absolute Gasteiger partial charge is 0.465 e. The van der Waals surface area contributed by atoms with E-state index in [0.717, 1.165) is 29.3 Å². The molecular weight excluding hydrogens is 444 g/mol. The summed E-state index contributed by atoms with van der Waals surface area (Å²) in [6.07, 6.45) is -4.63. The van der Waals surface area contributed by atoms with Gasteiger partial charge in [0.15, 0.2) is 0 Å². The van der Waals surface area contributed by atoms with Gasteiger partial charge >= 0.3 is 6.18 Å². The third kappa shape index (κ3) is 6.88. The van der Waals surface area contributed by atoms with Crippen molar-refractivity contribution in [1.82, 2.24) is 0 Å². The van der Waals surface area contributed by atoms with Crippen molar-refractivity contribution in [3.05, 3.63) is 108 Å². The van der Waals surface area contributed by atoms with E-state index in [1.165, 1.54) is 19.1 Å². The molecule has 3 nitrogen and oxygen atoms in total. The summed E-state index contributed by atoms with van der Waals surface area (Å²) < 4.78 is 59.1. The molecule has 0 atom stereocenters. The SMILES string of the molecule is C=C(C)O/C(CN(F)c1ccc(-c2ccc(CNc3ccccc3)cc2)cc1)=C(\C)C(F)(F)F. The maximum absolute atomic E-state index is 14.7. The molecule has 0 saturated heterocycles. The Bertz CT molecular complexity index is 1120. The first-order valence-corrected chi connectivity index (χ1v) is 10.7. The molecule has 3 aromatic carbocycles. The minimum atomic E-state index is -4.63. The van der Waals surface area contributed by atoms with Crippen LogP contribution in [0.3, 0.4) is 0 Å². The molecule has 0 fully saturated rings. The number of nitrogens with zero attached hydrogens (tertiary/aromatic N) is 1. The van der Waals surface area contributed by atoms with Crippen molar-refractivity contribution >= 4 is 11.4 Å². The van der Waals surface area contributed by atoms with Crippen LogP contribution in [0.4, 0.5) is 29.0 Å². The molecule has 7 heteroatoms. The maximum Gasteiger partial charge on any atom is 0.415 e. The molecule has 0 bridgehead atoms. The third-order valence-electron chi connectivity index (χ3n) is 5.13. The Labute approximate surface area is 196 Å². The number of benzene rings is 3. The molecule has 0 aliphatic heterocycles. The van der Waals surface area contributed by atoms with E-state index in [-0.39, 0.29) is 16.6 Å². The molecule has 0 amide bonds. The minimum absolute atomic E-state index is 0.0461. The fraction of sp³-hybridized carbons (Fsp3) is 0.185. The van der Waals surface area contributed by atoms with E-state index in [1.54, 1.807) is 12.1 Å². The standard InChI is InChI=1S/C27H26F4N2O/c1-19(2)34-26(20(3)27(28,29)30)18-33(31)25-15-13-23(14-16-25)22-11-9-21(10-12-22)17-32-24-7-5-4-6-8-24/h4-16,32H,1,17-18H2,2-3H3/b26-20+. The molecule has 0 aliphatic carbocycles. The number of halogens is 4. The van der Waals surface area contributed by atoms with Crippen LogP contribution in [0.15, 0.2) is 103 Å². The summed E-state index contributed by atoms with van der Waals surface area (Å²) in [5.41, 5.74) is 3.06. The molecule has 0 aromatic heterocycles. The van der Waals surface area contributed by atoms with Crippen LogP contribution in [0.1, 0.15) is 19.4 Å². The predicted molar refractivity (Wildman–Crippen MR) is 129 cm³/mol. The van der Waals surface area contributed by atoms with E-state index in [4.69, 9.17) is 4.74 Å². The molecule has 0 aliphatic rings. The Morgan fingerprint density at radius 2 is 1.44 bits per heavy atom. The highest BCUT2D eigenvalue weighted by Crippen LogP contribution is 2.31. The van der Waals surface area contributed by atoms with E-state index in [1.807, 2.05) is 54.6 Å². The minimum Gasteiger partial charge on any atom is -0.465 e. The molecule has 0 heterocycles. The summed E-state index contributed by atoms with van der Waals surface area (Å²) >= 11 is 0. The fourth-order valence-electron chi connectivity index (χ4n) is 3.20. The van der Waals surface area contributed by atoms with Crippen molar-refractivity contribution in [3.8, 4) is 11.1 Å². The second kappa shape index (κ2) is 10.9. The van der Waals surface area contributed by atoms with Gasteiger partial charge in [-0.05, 0) is 54.8 Å². The summed E-state index contributed by atoms with van der Waals surface area (Å²) in [7, 11) is 0. The van der Waals surface area contributed by atoms with E-state index in [9.17, 15) is 17.7 Å². The van der Waals surface area contributed by atoms with Crippen LogP contribution >= 0.6 is 0 Å². The smallest absolute Gasteiger partial charge is 0.415 e. The Kier molecular flexibility index (Phi) is 7.99. The Balaban J connectivity index is 1.67. The number of anilines is 2. The zero-order valence-electron chi connectivity index (χ0n) is 19.0. The van der Waals surface area contributed by atoms with Gasteiger partial charge in [-0.2, -0.15) is 13.2 Å². The third-order valence-corrected chi connectivity index (χ3v) is 5.13. The molecule has 0 saturated carbocycles. The first kappa shape index (κ1) is 24.9. The van der Waals surface area contributed by atoms with Crippen molar-refractivity contribution in [2.75, 3.05) is 17.0 Å². The van der Waals surface area contributed by atoms with Gasteiger partial charge in [0.2, 0.25) is 0 Å². The van der Waals surface area contributed by atoms with Gasteiger partial charge in [-0.3, -0.25) is 0 Å². The lowest BCUT2D eigenvalue weighted by molar-refractivity contribution is -0.0945. The lowest BCUT2D eigenvalue weighted by Gasteiger charge is -2.20. The molecule has 178 valence electrons. The van der Waals surface area contributed by atoms with Crippen molar-refractivity contribution < 1.29 is 22.4 Å². The number of nitrogens with one attached hydrogen (secondary N) is 1. The number of para-hydroxylation sites is 1. The summed E-state index contributed by atoms with van der Waals surface area (Å²) in [5.74, 6) is -0.490. The van der Waals surface area contributed by atoms with Crippen molar-refractivity contribution in [2.45, 2.75) is 26.6 Å². The highest BCUT2D eigenvalue weighted by atomic mass is 19.4. The van der Waals surface area contributed by atoms with Crippen LogP contribution in [-0.4, -0.2) is 12.7 Å². The quantitative estimate of drug-likeness (QED) is 0.195. The summed E-state index contributed by atoms with van der Waals surface area (Å²) in [6.45, 7) is 5.70. The number of rotatable bonds is 9. The zero-order chi connectivity index (χ0) is 24.7. The average Bonchev–Trinajstić information content (AvgIpc) is 2.82. The first-order chi connectivity index (χ1) is 16.1. The van der Waals surface area contributed by atoms with E-state index < -0.39 is 24.1 Å². The van der Waals surface area contributed by atoms with E-state index in [0.29, 0.717) is 6.54 Å². The lowest BCUT2D eigenvalue weighted by Crippen LogP contribution is -2.22. The van der Waals surface area contributed by atoms with Gasteiger partial charge in [-0.25, -0.2) is 5.12 Å². The molecule has 3 aromatic rings. The second-order valence-corrected chi connectivity index (χ2v) is 7.83. The molecule has 0 unspecified atom stereocenters. The Morgan fingerprint density at radius 1 is 0.882 bits per heavy atom. The Morgan fingerprint density at radius 3 is 1.97 bits per heavy atom. The number of ether oxygens (including phenoxy) is 1. The first-order valence-electron chi connectivity index (χ1n) is 10.7. The van der Waals surface area contributed by atoms with Crippen molar-refractivity contribution in [3.63, 3.8) is 0 Å². The molecule has 0 spiro atoms. The van der Waals surface area contributed by atoms with E-state index >= 15 is 0 Å². The van der Waals surface area contributed by atoms with Gasteiger partial charge in [-0.15, -0.1) is 0 Å². The van der Waals surface area contributed by atoms with Crippen LogP contribution in [0.2, 0.25) is 0 Å². The van der Waals surface area contributed by atoms with Gasteiger partial charge < -0.3 is 10.1 Å². The molecule has 3 rings (SSSR count). The second-order valence-electron chi connectivity index (χ2n) is 7.83. The predicted octanol–water partition coefficient (Wildman–Crippen LogP) is 8.04. The van der Waals surface area contributed by atoms with Crippen LogP contribution in [0, 0.1) is 0 Å². The van der Waals surface area contributed by atoms with Crippen molar-refractivity contribution in [2.24, 2.45) is 0 Å². The number of hydrogen-bond donors (Lipinski definition) is 1. The maximum atomic E-state index is 14.7. The number of hydrogen-bond acceptors (Lipinski definition) is 3. The zero-order valence-corrected chi connectivity index (χ0v) is 19.0. The Hall–Kier alpha value is -3.74. The highest BCUT2D eigenvalue weighted by molar-refractivity contribution is 5.66. The average molecular weight is 471 g/mol. The monoisotopic (exact) mass is 470 g/mol. The van der Waals surface area contributed by atoms with Crippen LogP contribution in [0.25, 0.3) is 11.1 Å². The normalized spacial score (nSPS) is 12.1. The molecule has 1 N–H and O–H groups in total. The van der Waals surface area contributed by atoms with Gasteiger partial charge in [-0.1, -0.05) is 65.7 Å². The fourth-order valence-corrected chi connectivity index (χ4v) is 3.20. The van der Waals surface area contributed by atoms with Gasteiger partial charge in [0.05, 0.1) is 17.0 Å². The molecular formula is C27H26F4N2O. The van der Waals surface area contributed by atoms with Crippen LogP contribution in [0.5, 0.6) is 0 Å². The van der Waals surface area contributed by atoms with Crippen molar-refractivity contribution in [1.29, 1.82) is 0 Å². The van der Waals surface area contributed by atoms with Gasteiger partial charge in [0, 0.05) is 12.2 Å². The topological polar surface area (TPSA) is 24.5 Å². The van der Waals surface area contributed by atoms with E-state index in [2.05, 4.69) is 11.9 Å². The van der Waals surface area contributed by atoms with Crippen LogP contribution in [-0.2, 0) is 11.3 Å². The number of alkyl halides is 3. The van der Waals surface area contributed by atoms with Gasteiger partial charge in [0.1, 0.15) is 12.3 Å². The lowest BCUT2D eigenvalue weighted by atomic mass is 10.0. The molecule has 0 radical (unpaired) electrons.